The Balaban J connectivity index is 2.54. The van der Waals surface area contributed by atoms with E-state index in [2.05, 4.69) is 4.98 Å². The van der Waals surface area contributed by atoms with Crippen molar-refractivity contribution >= 4 is 16.8 Å². The molecule has 0 N–H and O–H groups in total. The highest BCUT2D eigenvalue weighted by molar-refractivity contribution is 5.89. The van der Waals surface area contributed by atoms with Gasteiger partial charge in [-0.05, 0) is 29.7 Å². The van der Waals surface area contributed by atoms with Crippen molar-refractivity contribution in [1.29, 1.82) is 0 Å². The summed E-state index contributed by atoms with van der Waals surface area (Å²) in [7, 11) is 5.65. The number of benzene rings is 1. The van der Waals surface area contributed by atoms with Crippen LogP contribution in [0.15, 0.2) is 36.7 Å². The largest absolute Gasteiger partial charge is 0.497 e. The van der Waals surface area contributed by atoms with E-state index in [1.807, 2.05) is 61.7 Å². The van der Waals surface area contributed by atoms with Crippen LogP contribution in [0, 0.1) is 0 Å². The summed E-state index contributed by atoms with van der Waals surface area (Å²) in [6.45, 7) is 0. The number of nitrogens with zero attached hydrogens (tertiary/aromatic N) is 2. The Morgan fingerprint density at radius 1 is 1.24 bits per heavy atom. The van der Waals surface area contributed by atoms with Gasteiger partial charge in [0.15, 0.2) is 0 Å². The molecule has 0 spiro atoms. The molecule has 17 heavy (non-hydrogen) atoms. The van der Waals surface area contributed by atoms with Crippen LogP contribution in [-0.2, 0) is 0 Å². The molecule has 2 aromatic rings. The summed E-state index contributed by atoms with van der Waals surface area (Å²) in [5.74, 6) is 0.852. The Kier molecular flexibility index (Phi) is 3.28. The third-order valence-electron chi connectivity index (χ3n) is 2.53. The van der Waals surface area contributed by atoms with Crippen molar-refractivity contribution in [3.63, 3.8) is 0 Å². The lowest BCUT2D eigenvalue weighted by Gasteiger charge is -2.06. The van der Waals surface area contributed by atoms with Gasteiger partial charge in [-0.2, -0.15) is 0 Å². The third-order valence-corrected chi connectivity index (χ3v) is 2.53. The summed E-state index contributed by atoms with van der Waals surface area (Å²) in [4.78, 5) is 6.37. The molecule has 0 fully saturated rings. The number of ether oxygens (including phenoxy) is 1. The molecule has 2 rings (SSSR count). The first-order chi connectivity index (χ1) is 8.20. The van der Waals surface area contributed by atoms with Gasteiger partial charge in [-0.3, -0.25) is 4.98 Å². The molecule has 0 unspecified atom stereocenters. The van der Waals surface area contributed by atoms with E-state index in [0.29, 0.717) is 0 Å². The lowest BCUT2D eigenvalue weighted by atomic mass is 10.1. The number of methoxy groups -OCH3 is 1. The number of rotatable bonds is 3. The van der Waals surface area contributed by atoms with Crippen molar-refractivity contribution in [1.82, 2.24) is 9.88 Å². The van der Waals surface area contributed by atoms with Gasteiger partial charge in [0.2, 0.25) is 0 Å². The number of fused-ring (bicyclic) bond motifs is 1. The number of aromatic nitrogens is 1. The predicted octanol–water partition coefficient (Wildman–Crippen LogP) is 2.78. The minimum absolute atomic E-state index is 0.852. The Labute approximate surface area is 101 Å². The van der Waals surface area contributed by atoms with Crippen molar-refractivity contribution in [2.75, 3.05) is 21.2 Å². The number of pyridine rings is 1. The monoisotopic (exact) mass is 228 g/mol. The Morgan fingerprint density at radius 3 is 2.76 bits per heavy atom. The predicted molar refractivity (Wildman–Crippen MR) is 71.0 cm³/mol. The first-order valence-corrected chi connectivity index (χ1v) is 5.48. The minimum atomic E-state index is 0.852. The maximum absolute atomic E-state index is 5.24. The SMILES string of the molecule is COc1ccc2ccnc(/C=C\N(C)C)c2c1. The average Bonchev–Trinajstić information content (AvgIpc) is 2.35. The zero-order valence-corrected chi connectivity index (χ0v) is 10.3. The van der Waals surface area contributed by atoms with Crippen LogP contribution in [0.1, 0.15) is 5.69 Å². The van der Waals surface area contributed by atoms with Crippen LogP contribution >= 0.6 is 0 Å². The first-order valence-electron chi connectivity index (χ1n) is 5.48. The lowest BCUT2D eigenvalue weighted by Crippen LogP contribution is -2.00. The van der Waals surface area contributed by atoms with Gasteiger partial charge in [-0.25, -0.2) is 0 Å². The Hall–Kier alpha value is -2.03. The summed E-state index contributed by atoms with van der Waals surface area (Å²) in [5, 5.41) is 2.27. The van der Waals surface area contributed by atoms with Crippen LogP contribution in [0.3, 0.4) is 0 Å². The van der Waals surface area contributed by atoms with E-state index in [0.717, 1.165) is 16.8 Å². The van der Waals surface area contributed by atoms with E-state index in [4.69, 9.17) is 4.74 Å². The maximum atomic E-state index is 5.24. The molecule has 0 aliphatic carbocycles. The van der Waals surface area contributed by atoms with Crippen LogP contribution in [0.25, 0.3) is 16.8 Å². The molecule has 88 valence electrons. The van der Waals surface area contributed by atoms with Gasteiger partial charge in [0.05, 0.1) is 12.8 Å². The molecule has 1 aromatic heterocycles. The van der Waals surface area contributed by atoms with Crippen LogP contribution < -0.4 is 4.74 Å². The van der Waals surface area contributed by atoms with Gasteiger partial charge in [-0.1, -0.05) is 6.07 Å². The van der Waals surface area contributed by atoms with Crippen molar-refractivity contribution in [3.05, 3.63) is 42.4 Å². The van der Waals surface area contributed by atoms with E-state index in [9.17, 15) is 0 Å². The molecular weight excluding hydrogens is 212 g/mol. The van der Waals surface area contributed by atoms with E-state index >= 15 is 0 Å². The topological polar surface area (TPSA) is 25.4 Å². The van der Waals surface area contributed by atoms with Crippen molar-refractivity contribution in [2.24, 2.45) is 0 Å². The van der Waals surface area contributed by atoms with Gasteiger partial charge in [0.1, 0.15) is 5.75 Å². The van der Waals surface area contributed by atoms with Gasteiger partial charge in [0.25, 0.3) is 0 Å². The zero-order chi connectivity index (χ0) is 12.3. The van der Waals surface area contributed by atoms with E-state index in [1.165, 1.54) is 5.39 Å². The van der Waals surface area contributed by atoms with Gasteiger partial charge in [0, 0.05) is 31.9 Å². The molecule has 1 aromatic carbocycles. The van der Waals surface area contributed by atoms with Crippen molar-refractivity contribution in [2.45, 2.75) is 0 Å². The molecule has 0 saturated heterocycles. The van der Waals surface area contributed by atoms with Crippen LogP contribution in [0.5, 0.6) is 5.75 Å². The molecule has 3 nitrogen and oxygen atoms in total. The fourth-order valence-corrected chi connectivity index (χ4v) is 1.65. The molecule has 0 bridgehead atoms. The summed E-state index contributed by atoms with van der Waals surface area (Å²) < 4.78 is 5.24. The summed E-state index contributed by atoms with van der Waals surface area (Å²) in [6, 6.07) is 8.02. The highest BCUT2D eigenvalue weighted by Gasteiger charge is 2.01. The average molecular weight is 228 g/mol. The fourth-order valence-electron chi connectivity index (χ4n) is 1.65. The molecular formula is C14H16N2O. The molecule has 0 amide bonds. The highest BCUT2D eigenvalue weighted by atomic mass is 16.5. The number of hydrogen-bond donors (Lipinski definition) is 0. The van der Waals surface area contributed by atoms with E-state index in [-0.39, 0.29) is 0 Å². The maximum Gasteiger partial charge on any atom is 0.119 e. The molecule has 0 saturated carbocycles. The van der Waals surface area contributed by atoms with E-state index in [1.54, 1.807) is 7.11 Å². The van der Waals surface area contributed by atoms with Gasteiger partial charge >= 0.3 is 0 Å². The van der Waals surface area contributed by atoms with E-state index < -0.39 is 0 Å². The Morgan fingerprint density at radius 2 is 2.06 bits per heavy atom. The number of hydrogen-bond acceptors (Lipinski definition) is 3. The highest BCUT2D eigenvalue weighted by Crippen LogP contribution is 2.23. The minimum Gasteiger partial charge on any atom is -0.497 e. The normalized spacial score (nSPS) is 11.0. The zero-order valence-electron chi connectivity index (χ0n) is 10.3. The van der Waals surface area contributed by atoms with Gasteiger partial charge < -0.3 is 9.64 Å². The molecule has 3 heteroatoms. The van der Waals surface area contributed by atoms with Crippen molar-refractivity contribution < 1.29 is 4.74 Å². The molecule has 1 heterocycles. The summed E-state index contributed by atoms with van der Waals surface area (Å²) >= 11 is 0. The smallest absolute Gasteiger partial charge is 0.119 e. The lowest BCUT2D eigenvalue weighted by molar-refractivity contribution is 0.415. The van der Waals surface area contributed by atoms with Crippen LogP contribution in [-0.4, -0.2) is 31.1 Å². The van der Waals surface area contributed by atoms with Crippen molar-refractivity contribution in [3.8, 4) is 5.75 Å². The second-order valence-electron chi connectivity index (χ2n) is 4.06. The quantitative estimate of drug-likeness (QED) is 0.807. The third kappa shape index (κ3) is 2.56. The second kappa shape index (κ2) is 4.87. The second-order valence-corrected chi connectivity index (χ2v) is 4.06. The van der Waals surface area contributed by atoms with Crippen LogP contribution in [0.4, 0.5) is 0 Å². The Bertz CT molecular complexity index is 547. The molecule has 0 radical (unpaired) electrons. The molecule has 0 aliphatic rings. The first kappa shape index (κ1) is 11.5. The standard InChI is InChI=1S/C14H16N2O/c1-16(2)9-7-14-13-10-12(17-3)5-4-11(13)6-8-15-14/h4-10H,1-3H3/b9-7-. The summed E-state index contributed by atoms with van der Waals surface area (Å²) in [5.41, 5.74) is 0.954. The van der Waals surface area contributed by atoms with Crippen LogP contribution in [0.2, 0.25) is 0 Å². The molecule has 0 aliphatic heterocycles. The van der Waals surface area contributed by atoms with Gasteiger partial charge in [-0.15, -0.1) is 0 Å². The fraction of sp³-hybridized carbons (Fsp3) is 0.214. The summed E-state index contributed by atoms with van der Waals surface area (Å²) in [6.07, 6.45) is 5.81. The molecule has 0 atom stereocenters.